The first kappa shape index (κ1) is 16.0. The van der Waals surface area contributed by atoms with Gasteiger partial charge in [-0.25, -0.2) is 9.98 Å². The SMILES string of the molecule is CC(/C=C(\N)Oc1ncc(C(F)(F)F)cc1Cl)=NC=O. The van der Waals surface area contributed by atoms with Crippen LogP contribution in [-0.4, -0.2) is 17.1 Å². The fourth-order valence-corrected chi connectivity index (χ4v) is 1.33. The van der Waals surface area contributed by atoms with E-state index in [2.05, 4.69) is 9.98 Å². The molecule has 0 aromatic carbocycles. The van der Waals surface area contributed by atoms with E-state index in [-0.39, 0.29) is 22.5 Å². The van der Waals surface area contributed by atoms with E-state index in [1.54, 1.807) is 0 Å². The molecular weight excluding hydrogens is 299 g/mol. The molecule has 0 unspecified atom stereocenters. The number of aliphatic imine (C=N–C) groups is 1. The summed E-state index contributed by atoms with van der Waals surface area (Å²) in [5.74, 6) is -0.505. The van der Waals surface area contributed by atoms with E-state index in [1.807, 2.05) is 0 Å². The lowest BCUT2D eigenvalue weighted by molar-refractivity contribution is -0.137. The molecule has 1 amide bonds. The van der Waals surface area contributed by atoms with Gasteiger partial charge in [-0.15, -0.1) is 0 Å². The van der Waals surface area contributed by atoms with Crippen LogP contribution in [-0.2, 0) is 11.0 Å². The summed E-state index contributed by atoms with van der Waals surface area (Å²) in [5, 5.41) is -0.346. The van der Waals surface area contributed by atoms with Gasteiger partial charge in [-0.1, -0.05) is 11.6 Å². The van der Waals surface area contributed by atoms with Gasteiger partial charge in [0.2, 0.25) is 12.3 Å². The van der Waals surface area contributed by atoms with Crippen molar-refractivity contribution < 1.29 is 22.7 Å². The summed E-state index contributed by atoms with van der Waals surface area (Å²) in [7, 11) is 0. The number of carbonyl (C=O) groups excluding carboxylic acids is 1. The number of aromatic nitrogens is 1. The molecule has 20 heavy (non-hydrogen) atoms. The van der Waals surface area contributed by atoms with E-state index in [1.165, 1.54) is 13.0 Å². The molecule has 108 valence electrons. The maximum atomic E-state index is 12.4. The number of nitrogens with zero attached hydrogens (tertiary/aromatic N) is 2. The minimum atomic E-state index is -4.55. The van der Waals surface area contributed by atoms with Crippen molar-refractivity contribution in [3.05, 3.63) is 34.8 Å². The van der Waals surface area contributed by atoms with Crippen molar-refractivity contribution in [1.82, 2.24) is 4.98 Å². The van der Waals surface area contributed by atoms with E-state index in [0.29, 0.717) is 18.7 Å². The zero-order valence-corrected chi connectivity index (χ0v) is 10.9. The largest absolute Gasteiger partial charge is 0.422 e. The quantitative estimate of drug-likeness (QED) is 0.527. The van der Waals surface area contributed by atoms with Crippen LogP contribution in [0.4, 0.5) is 13.2 Å². The Hall–Kier alpha value is -2.09. The van der Waals surface area contributed by atoms with Gasteiger partial charge >= 0.3 is 6.18 Å². The lowest BCUT2D eigenvalue weighted by Crippen LogP contribution is -2.10. The van der Waals surface area contributed by atoms with Crippen molar-refractivity contribution in [3.8, 4) is 5.88 Å². The Kier molecular flexibility index (Phi) is 5.09. The number of rotatable bonds is 4. The van der Waals surface area contributed by atoms with Crippen LogP contribution >= 0.6 is 11.6 Å². The van der Waals surface area contributed by atoms with Crippen molar-refractivity contribution >= 4 is 23.7 Å². The van der Waals surface area contributed by atoms with Gasteiger partial charge < -0.3 is 10.5 Å². The minimum absolute atomic E-state index is 0.220. The average Bonchev–Trinajstić information content (AvgIpc) is 2.30. The normalized spacial score (nSPS) is 13.2. The molecule has 0 radical (unpaired) electrons. The zero-order chi connectivity index (χ0) is 15.3. The number of allylic oxidation sites excluding steroid dienone is 1. The van der Waals surface area contributed by atoms with Crippen LogP contribution in [0.5, 0.6) is 5.88 Å². The number of carbonyl (C=O) groups is 1. The van der Waals surface area contributed by atoms with Gasteiger partial charge in [0.1, 0.15) is 5.02 Å². The fraction of sp³-hybridized carbons (Fsp3) is 0.182. The molecule has 0 aliphatic rings. The second kappa shape index (κ2) is 6.38. The smallest absolute Gasteiger partial charge is 0.417 e. The third kappa shape index (κ3) is 4.54. The lowest BCUT2D eigenvalue weighted by atomic mass is 10.3. The first-order valence-corrected chi connectivity index (χ1v) is 5.47. The molecule has 0 aliphatic heterocycles. The van der Waals surface area contributed by atoms with E-state index in [4.69, 9.17) is 22.1 Å². The first-order chi connectivity index (χ1) is 9.24. The highest BCUT2D eigenvalue weighted by Gasteiger charge is 2.31. The summed E-state index contributed by atoms with van der Waals surface area (Å²) in [6, 6.07) is 0.670. The number of halogens is 4. The van der Waals surface area contributed by atoms with Crippen molar-refractivity contribution in [2.24, 2.45) is 10.7 Å². The Morgan fingerprint density at radius 3 is 2.70 bits per heavy atom. The molecule has 1 heterocycles. The van der Waals surface area contributed by atoms with Crippen LogP contribution in [0.15, 0.2) is 29.2 Å². The van der Waals surface area contributed by atoms with Crippen LogP contribution in [0.1, 0.15) is 12.5 Å². The predicted octanol–water partition coefficient (Wildman–Crippen LogP) is 2.55. The molecule has 0 aliphatic carbocycles. The van der Waals surface area contributed by atoms with E-state index < -0.39 is 11.7 Å². The molecular formula is C11H9ClF3N3O2. The Balaban J connectivity index is 2.95. The van der Waals surface area contributed by atoms with Crippen molar-refractivity contribution in [1.29, 1.82) is 0 Å². The number of pyridine rings is 1. The monoisotopic (exact) mass is 307 g/mol. The Bertz CT molecular complexity index is 571. The predicted molar refractivity (Wildman–Crippen MR) is 66.3 cm³/mol. The first-order valence-electron chi connectivity index (χ1n) is 5.10. The van der Waals surface area contributed by atoms with Crippen LogP contribution in [0.25, 0.3) is 0 Å². The van der Waals surface area contributed by atoms with E-state index >= 15 is 0 Å². The minimum Gasteiger partial charge on any atom is -0.422 e. The van der Waals surface area contributed by atoms with Gasteiger partial charge in [-0.3, -0.25) is 4.79 Å². The Labute approximate surface area is 116 Å². The van der Waals surface area contributed by atoms with Gasteiger partial charge in [0.25, 0.3) is 0 Å². The van der Waals surface area contributed by atoms with Crippen LogP contribution in [0.2, 0.25) is 5.02 Å². The van der Waals surface area contributed by atoms with Crippen LogP contribution in [0.3, 0.4) is 0 Å². The topological polar surface area (TPSA) is 77.6 Å². The highest BCUT2D eigenvalue weighted by molar-refractivity contribution is 6.31. The molecule has 1 rings (SSSR count). The number of ether oxygens (including phenoxy) is 1. The fourth-order valence-electron chi connectivity index (χ4n) is 1.12. The summed E-state index contributed by atoms with van der Waals surface area (Å²) in [4.78, 5) is 16.9. The van der Waals surface area contributed by atoms with E-state index in [0.717, 1.165) is 0 Å². The maximum absolute atomic E-state index is 12.4. The number of alkyl halides is 3. The van der Waals surface area contributed by atoms with Crippen LogP contribution < -0.4 is 10.5 Å². The summed E-state index contributed by atoms with van der Waals surface area (Å²) in [6.07, 6.45) is -2.48. The zero-order valence-electron chi connectivity index (χ0n) is 10.1. The molecule has 9 heteroatoms. The third-order valence-electron chi connectivity index (χ3n) is 1.96. The van der Waals surface area contributed by atoms with E-state index in [9.17, 15) is 18.0 Å². The standard InChI is InChI=1S/C11H9ClF3N3O2/c1-6(18-5-19)2-9(16)20-10-8(12)3-7(4-17-10)11(13,14)15/h2-5H,16H2,1H3/b9-2+,18-6?. The van der Waals surface area contributed by atoms with Gasteiger partial charge in [0.05, 0.1) is 5.56 Å². The summed E-state index contributed by atoms with van der Waals surface area (Å²) < 4.78 is 42.1. The molecule has 0 spiro atoms. The molecule has 0 atom stereocenters. The lowest BCUT2D eigenvalue weighted by Gasteiger charge is -2.09. The van der Waals surface area contributed by atoms with Crippen molar-refractivity contribution in [2.45, 2.75) is 13.1 Å². The van der Waals surface area contributed by atoms with Gasteiger partial charge in [0.15, 0.2) is 5.88 Å². The molecule has 0 fully saturated rings. The maximum Gasteiger partial charge on any atom is 0.417 e. The Morgan fingerprint density at radius 2 is 2.20 bits per heavy atom. The number of hydrogen-bond donors (Lipinski definition) is 1. The second-order valence-electron chi connectivity index (χ2n) is 3.53. The molecule has 1 aromatic heterocycles. The van der Waals surface area contributed by atoms with Crippen molar-refractivity contribution in [3.63, 3.8) is 0 Å². The number of nitrogens with two attached hydrogens (primary N) is 1. The van der Waals surface area contributed by atoms with Crippen molar-refractivity contribution in [2.75, 3.05) is 0 Å². The highest BCUT2D eigenvalue weighted by atomic mass is 35.5. The number of amides is 1. The third-order valence-corrected chi connectivity index (χ3v) is 2.23. The van der Waals surface area contributed by atoms with Gasteiger partial charge in [-0.05, 0) is 13.0 Å². The molecule has 1 aromatic rings. The second-order valence-corrected chi connectivity index (χ2v) is 3.94. The van der Waals surface area contributed by atoms with Crippen LogP contribution in [0, 0.1) is 0 Å². The highest BCUT2D eigenvalue weighted by Crippen LogP contribution is 2.33. The molecule has 0 saturated carbocycles. The molecule has 0 saturated heterocycles. The average molecular weight is 308 g/mol. The molecule has 2 N–H and O–H groups in total. The summed E-state index contributed by atoms with van der Waals surface area (Å²) >= 11 is 5.62. The van der Waals surface area contributed by atoms with Gasteiger partial charge in [0, 0.05) is 18.0 Å². The van der Waals surface area contributed by atoms with Gasteiger partial charge in [-0.2, -0.15) is 13.2 Å². The Morgan fingerprint density at radius 1 is 1.55 bits per heavy atom. The molecule has 5 nitrogen and oxygen atoms in total. The summed E-state index contributed by atoms with van der Waals surface area (Å²) in [6.45, 7) is 1.48. The summed E-state index contributed by atoms with van der Waals surface area (Å²) in [5.41, 5.74) is 4.70. The molecule has 0 bridgehead atoms. The number of hydrogen-bond acceptors (Lipinski definition) is 4.